The predicted octanol–water partition coefficient (Wildman–Crippen LogP) is 1.33. The Morgan fingerprint density at radius 1 is 1.37 bits per heavy atom. The average Bonchev–Trinajstić information content (AvgIpc) is 2.37. The van der Waals surface area contributed by atoms with Crippen molar-refractivity contribution in [1.29, 1.82) is 0 Å². The molecular weight excluding hydrogens is 264 g/mol. The highest BCUT2D eigenvalue weighted by Crippen LogP contribution is 2.32. The Balaban J connectivity index is 2.05. The van der Waals surface area contributed by atoms with Gasteiger partial charge >= 0.3 is 0 Å². The van der Waals surface area contributed by atoms with Gasteiger partial charge in [0.2, 0.25) is 0 Å². The summed E-state index contributed by atoms with van der Waals surface area (Å²) in [4.78, 5) is 4.20. The van der Waals surface area contributed by atoms with E-state index in [-0.39, 0.29) is 11.2 Å². The number of sulfone groups is 1. The van der Waals surface area contributed by atoms with Gasteiger partial charge in [0.15, 0.2) is 0 Å². The van der Waals surface area contributed by atoms with Crippen molar-refractivity contribution in [2.45, 2.75) is 12.8 Å². The van der Waals surface area contributed by atoms with Crippen molar-refractivity contribution in [1.82, 2.24) is 4.98 Å². The topological polar surface area (TPSA) is 68.3 Å². The Hall–Kier alpha value is -1.14. The summed E-state index contributed by atoms with van der Waals surface area (Å²) in [5, 5.41) is 3.25. The molecule has 0 bridgehead atoms. The SMILES string of the molecule is CS(=O)(=O)CC1(CNc2ccccn2)CCOCC1. The van der Waals surface area contributed by atoms with Gasteiger partial charge < -0.3 is 10.1 Å². The van der Waals surface area contributed by atoms with Crippen molar-refractivity contribution in [3.8, 4) is 0 Å². The molecular formula is C13H20N2O3S. The maximum atomic E-state index is 11.6. The van der Waals surface area contributed by atoms with E-state index in [9.17, 15) is 8.42 Å². The van der Waals surface area contributed by atoms with Crippen molar-refractivity contribution < 1.29 is 13.2 Å². The minimum atomic E-state index is -3.00. The summed E-state index contributed by atoms with van der Waals surface area (Å²) in [7, 11) is -3.00. The zero-order valence-electron chi connectivity index (χ0n) is 11.1. The lowest BCUT2D eigenvalue weighted by molar-refractivity contribution is 0.0315. The fourth-order valence-corrected chi connectivity index (χ4v) is 3.98. The van der Waals surface area contributed by atoms with Gasteiger partial charge in [-0.15, -0.1) is 0 Å². The third kappa shape index (κ3) is 4.47. The first kappa shape index (κ1) is 14.3. The number of pyridine rings is 1. The second-order valence-corrected chi connectivity index (χ2v) is 7.39. The minimum absolute atomic E-state index is 0.198. The predicted molar refractivity (Wildman–Crippen MR) is 74.9 cm³/mol. The molecule has 1 aliphatic rings. The molecule has 0 aromatic carbocycles. The third-order valence-corrected chi connectivity index (χ3v) is 4.57. The number of anilines is 1. The van der Waals surface area contributed by atoms with E-state index in [4.69, 9.17) is 4.74 Å². The lowest BCUT2D eigenvalue weighted by Crippen LogP contribution is -2.41. The molecule has 0 spiro atoms. The third-order valence-electron chi connectivity index (χ3n) is 3.43. The summed E-state index contributed by atoms with van der Waals surface area (Å²) < 4.78 is 28.6. The van der Waals surface area contributed by atoms with Crippen LogP contribution in [0.2, 0.25) is 0 Å². The number of nitrogens with zero attached hydrogens (tertiary/aromatic N) is 1. The van der Waals surface area contributed by atoms with Crippen molar-refractivity contribution in [3.63, 3.8) is 0 Å². The van der Waals surface area contributed by atoms with Gasteiger partial charge in [-0.1, -0.05) is 6.07 Å². The number of ether oxygens (including phenoxy) is 1. The standard InChI is InChI=1S/C13H20N2O3S/c1-19(16,17)11-13(5-8-18-9-6-13)10-15-12-4-2-3-7-14-12/h2-4,7H,5-6,8-11H2,1H3,(H,14,15). The van der Waals surface area contributed by atoms with E-state index < -0.39 is 9.84 Å². The Morgan fingerprint density at radius 2 is 2.11 bits per heavy atom. The number of nitrogens with one attached hydrogen (secondary N) is 1. The van der Waals surface area contributed by atoms with E-state index in [0.29, 0.717) is 19.8 Å². The minimum Gasteiger partial charge on any atom is -0.381 e. The summed E-state index contributed by atoms with van der Waals surface area (Å²) >= 11 is 0. The van der Waals surface area contributed by atoms with Gasteiger partial charge in [0.1, 0.15) is 15.7 Å². The molecule has 19 heavy (non-hydrogen) atoms. The normalized spacial score (nSPS) is 19.0. The molecule has 0 atom stereocenters. The fraction of sp³-hybridized carbons (Fsp3) is 0.615. The summed E-state index contributed by atoms with van der Waals surface area (Å²) in [6.07, 6.45) is 4.54. The number of aromatic nitrogens is 1. The van der Waals surface area contributed by atoms with Crippen LogP contribution in [0, 0.1) is 5.41 Å². The van der Waals surface area contributed by atoms with Gasteiger partial charge in [-0.05, 0) is 25.0 Å². The van der Waals surface area contributed by atoms with Gasteiger partial charge in [0.25, 0.3) is 0 Å². The zero-order valence-corrected chi connectivity index (χ0v) is 11.9. The van der Waals surface area contributed by atoms with Crippen LogP contribution >= 0.6 is 0 Å². The second kappa shape index (κ2) is 5.88. The van der Waals surface area contributed by atoms with E-state index in [1.807, 2.05) is 18.2 Å². The van der Waals surface area contributed by atoms with E-state index >= 15 is 0 Å². The van der Waals surface area contributed by atoms with Crippen LogP contribution in [0.15, 0.2) is 24.4 Å². The first-order valence-electron chi connectivity index (χ1n) is 6.40. The summed E-state index contributed by atoms with van der Waals surface area (Å²) in [5.41, 5.74) is -0.247. The van der Waals surface area contributed by atoms with E-state index in [2.05, 4.69) is 10.3 Å². The molecule has 1 fully saturated rings. The molecule has 0 unspecified atom stereocenters. The highest BCUT2D eigenvalue weighted by atomic mass is 32.2. The van der Waals surface area contributed by atoms with Crippen LogP contribution < -0.4 is 5.32 Å². The van der Waals surface area contributed by atoms with Gasteiger partial charge in [0.05, 0.1) is 5.75 Å². The van der Waals surface area contributed by atoms with Crippen LogP contribution in [-0.2, 0) is 14.6 Å². The van der Waals surface area contributed by atoms with Crippen LogP contribution in [0.3, 0.4) is 0 Å². The Labute approximate surface area is 114 Å². The van der Waals surface area contributed by atoms with Crippen LogP contribution in [0.5, 0.6) is 0 Å². The molecule has 1 aromatic rings. The maximum absolute atomic E-state index is 11.6. The van der Waals surface area contributed by atoms with Gasteiger partial charge in [0, 0.05) is 37.6 Å². The largest absolute Gasteiger partial charge is 0.381 e. The summed E-state index contributed by atoms with van der Waals surface area (Å²) in [6.45, 7) is 1.86. The van der Waals surface area contributed by atoms with E-state index in [1.54, 1.807) is 6.20 Å². The molecule has 2 rings (SSSR count). The van der Waals surface area contributed by atoms with E-state index in [1.165, 1.54) is 6.26 Å². The molecule has 1 aliphatic heterocycles. The molecule has 1 aromatic heterocycles. The van der Waals surface area contributed by atoms with Gasteiger partial charge in [-0.2, -0.15) is 0 Å². The molecule has 0 saturated carbocycles. The maximum Gasteiger partial charge on any atom is 0.148 e. The smallest absolute Gasteiger partial charge is 0.148 e. The van der Waals surface area contributed by atoms with Crippen LogP contribution in [0.25, 0.3) is 0 Å². The molecule has 106 valence electrons. The van der Waals surface area contributed by atoms with Crippen LogP contribution in [0.4, 0.5) is 5.82 Å². The molecule has 2 heterocycles. The first-order chi connectivity index (χ1) is 8.99. The molecule has 0 aliphatic carbocycles. The quantitative estimate of drug-likeness (QED) is 0.883. The molecule has 0 radical (unpaired) electrons. The highest BCUT2D eigenvalue weighted by molar-refractivity contribution is 7.90. The second-order valence-electron chi connectivity index (χ2n) is 5.25. The molecule has 0 amide bonds. The van der Waals surface area contributed by atoms with E-state index in [0.717, 1.165) is 18.7 Å². The fourth-order valence-electron chi connectivity index (χ4n) is 2.48. The first-order valence-corrected chi connectivity index (χ1v) is 8.46. The van der Waals surface area contributed by atoms with Crippen molar-refractivity contribution >= 4 is 15.7 Å². The van der Waals surface area contributed by atoms with Crippen molar-refractivity contribution in [2.24, 2.45) is 5.41 Å². The number of hydrogen-bond acceptors (Lipinski definition) is 5. The Morgan fingerprint density at radius 3 is 2.68 bits per heavy atom. The monoisotopic (exact) mass is 284 g/mol. The van der Waals surface area contributed by atoms with Gasteiger partial charge in [-0.3, -0.25) is 0 Å². The Kier molecular flexibility index (Phi) is 4.42. The molecule has 5 nitrogen and oxygen atoms in total. The molecule has 1 N–H and O–H groups in total. The highest BCUT2D eigenvalue weighted by Gasteiger charge is 2.35. The lowest BCUT2D eigenvalue weighted by atomic mass is 9.82. The van der Waals surface area contributed by atoms with Crippen LogP contribution in [0.1, 0.15) is 12.8 Å². The molecule has 6 heteroatoms. The van der Waals surface area contributed by atoms with Crippen molar-refractivity contribution in [2.75, 3.05) is 37.1 Å². The zero-order chi connectivity index (χ0) is 13.8. The average molecular weight is 284 g/mol. The summed E-state index contributed by atoms with van der Waals surface area (Å²) in [6, 6.07) is 5.64. The summed E-state index contributed by atoms with van der Waals surface area (Å²) in [5.74, 6) is 0.977. The van der Waals surface area contributed by atoms with Crippen LogP contribution in [-0.4, -0.2) is 45.2 Å². The lowest BCUT2D eigenvalue weighted by Gasteiger charge is -2.36. The Bertz CT molecular complexity index is 496. The number of rotatable bonds is 5. The van der Waals surface area contributed by atoms with Crippen molar-refractivity contribution in [3.05, 3.63) is 24.4 Å². The number of hydrogen-bond donors (Lipinski definition) is 1. The van der Waals surface area contributed by atoms with Gasteiger partial charge in [-0.25, -0.2) is 13.4 Å². The molecule has 1 saturated heterocycles.